The summed E-state index contributed by atoms with van der Waals surface area (Å²) in [7, 11) is 0. The number of nitriles is 1. The van der Waals surface area contributed by atoms with Crippen LogP contribution in [0.3, 0.4) is 0 Å². The molecule has 0 aliphatic rings. The number of carbonyl (C=O) groups is 1. The maximum atomic E-state index is 11.0. The number of aliphatic carboxylic acids is 1. The van der Waals surface area contributed by atoms with Gasteiger partial charge in [0.25, 0.3) is 0 Å². The van der Waals surface area contributed by atoms with Crippen LogP contribution in [0.25, 0.3) is 0 Å². The van der Waals surface area contributed by atoms with Gasteiger partial charge in [-0.2, -0.15) is 5.26 Å². The third kappa shape index (κ3) is 2.53. The van der Waals surface area contributed by atoms with E-state index in [1.165, 1.54) is 0 Å². The molecule has 4 heteroatoms. The van der Waals surface area contributed by atoms with E-state index in [-0.39, 0.29) is 11.6 Å². The van der Waals surface area contributed by atoms with E-state index in [0.29, 0.717) is 5.69 Å². The van der Waals surface area contributed by atoms with Crippen LogP contribution in [0.5, 0.6) is 0 Å². The standard InChI is InChI=1S/C11H12N2O2/c1-7(2)10(11(14)15)9-5-3-4-8(6-12)13-9/h3-5,7,10H,1-2H3,(H,14,15). The van der Waals surface area contributed by atoms with E-state index in [1.807, 2.05) is 19.9 Å². The molecule has 1 aromatic rings. The van der Waals surface area contributed by atoms with Crippen LogP contribution in [0.4, 0.5) is 0 Å². The molecule has 1 rings (SSSR count). The molecule has 0 saturated heterocycles. The van der Waals surface area contributed by atoms with Crippen LogP contribution in [-0.2, 0) is 4.79 Å². The number of hydrogen-bond acceptors (Lipinski definition) is 3. The van der Waals surface area contributed by atoms with E-state index in [4.69, 9.17) is 10.4 Å². The van der Waals surface area contributed by atoms with Gasteiger partial charge in [-0.1, -0.05) is 19.9 Å². The zero-order valence-electron chi connectivity index (χ0n) is 8.64. The SMILES string of the molecule is CC(C)C(C(=O)O)c1cccc(C#N)n1. The molecule has 0 aromatic carbocycles. The lowest BCUT2D eigenvalue weighted by molar-refractivity contribution is -0.140. The molecule has 78 valence electrons. The first-order valence-corrected chi connectivity index (χ1v) is 4.66. The summed E-state index contributed by atoms with van der Waals surface area (Å²) in [5, 5.41) is 17.7. The minimum Gasteiger partial charge on any atom is -0.481 e. The molecule has 0 fully saturated rings. The van der Waals surface area contributed by atoms with Gasteiger partial charge in [-0.15, -0.1) is 0 Å². The summed E-state index contributed by atoms with van der Waals surface area (Å²) in [6.07, 6.45) is 0. The third-order valence-electron chi connectivity index (χ3n) is 2.14. The van der Waals surface area contributed by atoms with Gasteiger partial charge in [0, 0.05) is 0 Å². The van der Waals surface area contributed by atoms with Crippen molar-refractivity contribution in [2.24, 2.45) is 5.92 Å². The van der Waals surface area contributed by atoms with Crippen molar-refractivity contribution < 1.29 is 9.90 Å². The molecule has 4 nitrogen and oxygen atoms in total. The molecule has 0 spiro atoms. The highest BCUT2D eigenvalue weighted by molar-refractivity contribution is 5.75. The van der Waals surface area contributed by atoms with Crippen molar-refractivity contribution >= 4 is 5.97 Å². The molecule has 1 atom stereocenters. The first-order chi connectivity index (χ1) is 7.06. The first-order valence-electron chi connectivity index (χ1n) is 4.66. The quantitative estimate of drug-likeness (QED) is 0.814. The van der Waals surface area contributed by atoms with E-state index in [1.54, 1.807) is 18.2 Å². The number of aromatic nitrogens is 1. The van der Waals surface area contributed by atoms with E-state index < -0.39 is 11.9 Å². The molecule has 0 radical (unpaired) electrons. The van der Waals surface area contributed by atoms with Gasteiger partial charge in [-0.25, -0.2) is 4.98 Å². The average Bonchev–Trinajstić information content (AvgIpc) is 2.17. The molecule has 0 amide bonds. The number of pyridine rings is 1. The van der Waals surface area contributed by atoms with Gasteiger partial charge < -0.3 is 5.11 Å². The number of rotatable bonds is 3. The van der Waals surface area contributed by atoms with Gasteiger partial charge >= 0.3 is 5.97 Å². The predicted molar refractivity (Wildman–Crippen MR) is 54.2 cm³/mol. The summed E-state index contributed by atoms with van der Waals surface area (Å²) in [5.41, 5.74) is 0.691. The number of hydrogen-bond donors (Lipinski definition) is 1. The van der Waals surface area contributed by atoms with Crippen LogP contribution >= 0.6 is 0 Å². The first kappa shape index (κ1) is 11.2. The number of carboxylic acid groups (broad SMARTS) is 1. The van der Waals surface area contributed by atoms with Crippen LogP contribution in [-0.4, -0.2) is 16.1 Å². The molecule has 1 N–H and O–H groups in total. The molecule has 0 aliphatic carbocycles. The van der Waals surface area contributed by atoms with Gasteiger partial charge in [-0.3, -0.25) is 4.79 Å². The van der Waals surface area contributed by atoms with Crippen molar-refractivity contribution in [1.29, 1.82) is 5.26 Å². The summed E-state index contributed by atoms with van der Waals surface area (Å²) in [6.45, 7) is 3.64. The van der Waals surface area contributed by atoms with Gasteiger partial charge in [0.05, 0.1) is 5.69 Å². The summed E-state index contributed by atoms with van der Waals surface area (Å²) >= 11 is 0. The monoisotopic (exact) mass is 204 g/mol. The minimum absolute atomic E-state index is 0.0519. The summed E-state index contributed by atoms with van der Waals surface area (Å²) in [6, 6.07) is 6.74. The summed E-state index contributed by atoms with van der Waals surface area (Å²) < 4.78 is 0. The van der Waals surface area contributed by atoms with E-state index >= 15 is 0 Å². The maximum absolute atomic E-state index is 11.0. The molecule has 0 saturated carbocycles. The molecule has 0 aliphatic heterocycles. The predicted octanol–water partition coefficient (Wildman–Crippen LogP) is 1.78. The van der Waals surface area contributed by atoms with Crippen molar-refractivity contribution in [2.45, 2.75) is 19.8 Å². The van der Waals surface area contributed by atoms with Gasteiger partial charge in [0.2, 0.25) is 0 Å². The van der Waals surface area contributed by atoms with Crippen LogP contribution in [0.1, 0.15) is 31.2 Å². The Kier molecular flexibility index (Phi) is 3.40. The molecular formula is C11H12N2O2. The fourth-order valence-electron chi connectivity index (χ4n) is 1.44. The molecule has 1 unspecified atom stereocenters. The van der Waals surface area contributed by atoms with E-state index in [2.05, 4.69) is 4.98 Å². The van der Waals surface area contributed by atoms with E-state index in [0.717, 1.165) is 0 Å². The van der Waals surface area contributed by atoms with Gasteiger partial charge in [0.15, 0.2) is 0 Å². The molecular weight excluding hydrogens is 192 g/mol. The lowest BCUT2D eigenvalue weighted by Gasteiger charge is -2.15. The van der Waals surface area contributed by atoms with Crippen molar-refractivity contribution in [3.63, 3.8) is 0 Å². The Balaban J connectivity index is 3.12. The molecule has 15 heavy (non-hydrogen) atoms. The molecule has 1 aromatic heterocycles. The van der Waals surface area contributed by atoms with Crippen molar-refractivity contribution in [2.75, 3.05) is 0 Å². The Morgan fingerprint density at radius 2 is 2.20 bits per heavy atom. The van der Waals surface area contributed by atoms with Crippen LogP contribution < -0.4 is 0 Å². The van der Waals surface area contributed by atoms with Crippen LogP contribution in [0.15, 0.2) is 18.2 Å². The zero-order valence-corrected chi connectivity index (χ0v) is 8.64. The highest BCUT2D eigenvalue weighted by atomic mass is 16.4. The van der Waals surface area contributed by atoms with Gasteiger partial charge in [0.1, 0.15) is 17.7 Å². The fourth-order valence-corrected chi connectivity index (χ4v) is 1.44. The Hall–Kier alpha value is -1.89. The normalized spacial score (nSPS) is 12.1. The van der Waals surface area contributed by atoms with Crippen LogP contribution in [0.2, 0.25) is 0 Å². The fraction of sp³-hybridized carbons (Fsp3) is 0.364. The van der Waals surface area contributed by atoms with E-state index in [9.17, 15) is 4.79 Å². The van der Waals surface area contributed by atoms with Crippen molar-refractivity contribution in [3.8, 4) is 6.07 Å². The van der Waals surface area contributed by atoms with Gasteiger partial charge in [-0.05, 0) is 18.1 Å². The molecule has 0 bridgehead atoms. The summed E-state index contributed by atoms with van der Waals surface area (Å²) in [5.74, 6) is -1.62. The third-order valence-corrected chi connectivity index (χ3v) is 2.14. The highest BCUT2D eigenvalue weighted by Gasteiger charge is 2.24. The highest BCUT2D eigenvalue weighted by Crippen LogP contribution is 2.22. The Morgan fingerprint density at radius 1 is 1.53 bits per heavy atom. The van der Waals surface area contributed by atoms with Crippen LogP contribution in [0, 0.1) is 17.2 Å². The number of nitrogens with zero attached hydrogens (tertiary/aromatic N) is 2. The smallest absolute Gasteiger partial charge is 0.312 e. The largest absolute Gasteiger partial charge is 0.481 e. The lowest BCUT2D eigenvalue weighted by Crippen LogP contribution is -2.18. The lowest BCUT2D eigenvalue weighted by atomic mass is 9.92. The van der Waals surface area contributed by atoms with Crippen molar-refractivity contribution in [3.05, 3.63) is 29.6 Å². The second-order valence-electron chi connectivity index (χ2n) is 3.62. The molecule has 1 heterocycles. The number of carboxylic acids is 1. The minimum atomic E-state index is -0.910. The Morgan fingerprint density at radius 3 is 2.67 bits per heavy atom. The topological polar surface area (TPSA) is 74.0 Å². The Bertz CT molecular complexity index is 407. The Labute approximate surface area is 88.2 Å². The zero-order chi connectivity index (χ0) is 11.4. The second-order valence-corrected chi connectivity index (χ2v) is 3.62. The second kappa shape index (κ2) is 4.56. The summed E-state index contributed by atoms with van der Waals surface area (Å²) in [4.78, 5) is 15.0. The average molecular weight is 204 g/mol. The van der Waals surface area contributed by atoms with Crippen molar-refractivity contribution in [1.82, 2.24) is 4.98 Å². The maximum Gasteiger partial charge on any atom is 0.312 e.